The highest BCUT2D eigenvalue weighted by Crippen LogP contribution is 2.46. The topological polar surface area (TPSA) is 145 Å². The molecule has 0 N–H and O–H groups in total. The van der Waals surface area contributed by atoms with Gasteiger partial charge in [0.1, 0.15) is 0 Å². The van der Waals surface area contributed by atoms with Gasteiger partial charge in [-0.1, -0.05) is 60.7 Å². The van der Waals surface area contributed by atoms with Gasteiger partial charge in [0, 0.05) is 5.57 Å². The zero-order valence-corrected chi connectivity index (χ0v) is 18.3. The maximum absolute atomic E-state index is 12.2. The predicted molar refractivity (Wildman–Crippen MR) is 132 cm³/mol. The molecular weight excluding hydrogens is 466 g/mol. The summed E-state index contributed by atoms with van der Waals surface area (Å²) in [6, 6.07) is 24.1. The van der Waals surface area contributed by atoms with Crippen molar-refractivity contribution in [2.45, 2.75) is 0 Å². The fraction of sp³-hybridized carbons (Fsp3) is 0. The molecule has 5 rings (SSSR count). The average Bonchev–Trinajstić information content (AvgIpc) is 3.26. The van der Waals surface area contributed by atoms with Gasteiger partial charge < -0.3 is 0 Å². The monoisotopic (exact) mass is 481 g/mol. The zero-order valence-electron chi connectivity index (χ0n) is 18.3. The smallest absolute Gasteiger partial charge is 0.258 e. The van der Waals surface area contributed by atoms with Gasteiger partial charge in [-0.25, -0.2) is 5.01 Å². The van der Waals surface area contributed by atoms with Crippen LogP contribution < -0.4 is 5.01 Å². The summed E-state index contributed by atoms with van der Waals surface area (Å²) in [5, 5.41) is 42.3. The summed E-state index contributed by atoms with van der Waals surface area (Å²) >= 11 is 0. The fourth-order valence-electron chi connectivity index (χ4n) is 4.26. The number of nitro groups is 3. The number of allylic oxidation sites excluding steroid dienone is 2. The van der Waals surface area contributed by atoms with E-state index >= 15 is 0 Å². The van der Waals surface area contributed by atoms with E-state index in [1.165, 1.54) is 11.1 Å². The fourth-order valence-corrected chi connectivity index (χ4v) is 4.26. The normalized spacial score (nSPS) is 15.3. The van der Waals surface area contributed by atoms with Crippen molar-refractivity contribution in [3.63, 3.8) is 0 Å². The Kier molecular flexibility index (Phi) is 5.41. The minimum absolute atomic E-state index is 0.0667. The third-order valence-corrected chi connectivity index (χ3v) is 5.71. The van der Waals surface area contributed by atoms with E-state index in [2.05, 4.69) is 5.10 Å². The molecule has 0 saturated carbocycles. The van der Waals surface area contributed by atoms with Gasteiger partial charge in [-0.2, -0.15) is 5.10 Å². The van der Waals surface area contributed by atoms with Crippen LogP contribution in [0.1, 0.15) is 11.1 Å². The molecule has 2 aliphatic rings. The Balaban J connectivity index is 1.87. The highest BCUT2D eigenvalue weighted by Gasteiger charge is 2.53. The molecule has 0 aliphatic heterocycles. The van der Waals surface area contributed by atoms with Crippen LogP contribution in [0.4, 0.5) is 11.4 Å². The van der Waals surface area contributed by atoms with Crippen LogP contribution in [0.15, 0.2) is 113 Å². The number of hydrazone groups is 1. The van der Waals surface area contributed by atoms with Gasteiger partial charge in [0.25, 0.3) is 0 Å². The third-order valence-electron chi connectivity index (χ3n) is 5.71. The number of hydrogen-bond acceptors (Lipinski definition) is 8. The van der Waals surface area contributed by atoms with Crippen LogP contribution in [-0.2, 0) is 0 Å². The predicted octanol–water partition coefficient (Wildman–Crippen LogP) is 5.04. The lowest BCUT2D eigenvalue weighted by Crippen LogP contribution is -2.29. The maximum Gasteiger partial charge on any atom is 0.425 e. The molecule has 3 aromatic carbocycles. The van der Waals surface area contributed by atoms with Crippen molar-refractivity contribution >= 4 is 28.7 Å². The summed E-state index contributed by atoms with van der Waals surface area (Å²) in [6.07, 6.45) is 1.53. The standard InChI is InChI=1S/C25H15N5O6/c31-28(32)23-21-19-14-8-7-9-16(19)15-20(21)22(24(29(33)34)25(23)30(35)36)26-27(17-10-3-1-4-11-17)18-12-5-2-6-13-18/h1-15H. The second-order valence-corrected chi connectivity index (χ2v) is 7.77. The van der Waals surface area contributed by atoms with Gasteiger partial charge in [-0.05, 0) is 41.5 Å². The SMILES string of the molecule is O=[N+]([O-])C1=C2C(=Cc3ccccc32)C(=NN(c2ccccc2)c2ccccc2)C([N+](=O)[O-])=C1[N+](=O)[O-]. The Morgan fingerprint density at radius 1 is 0.611 bits per heavy atom. The number of hydrogen-bond donors (Lipinski definition) is 0. The van der Waals surface area contributed by atoms with Crippen LogP contribution in [0.25, 0.3) is 11.6 Å². The van der Waals surface area contributed by atoms with Gasteiger partial charge in [0.15, 0.2) is 5.71 Å². The van der Waals surface area contributed by atoms with E-state index in [0.717, 1.165) is 0 Å². The molecule has 11 nitrogen and oxygen atoms in total. The highest BCUT2D eigenvalue weighted by molar-refractivity contribution is 6.28. The lowest BCUT2D eigenvalue weighted by molar-refractivity contribution is -0.497. The quantitative estimate of drug-likeness (QED) is 0.354. The first-order valence-corrected chi connectivity index (χ1v) is 10.6. The van der Waals surface area contributed by atoms with Crippen molar-refractivity contribution in [1.29, 1.82) is 0 Å². The number of para-hydroxylation sites is 2. The molecule has 3 aromatic rings. The van der Waals surface area contributed by atoms with E-state index in [0.29, 0.717) is 22.5 Å². The second-order valence-electron chi connectivity index (χ2n) is 7.77. The first-order valence-electron chi connectivity index (χ1n) is 10.6. The summed E-state index contributed by atoms with van der Waals surface area (Å²) in [7, 11) is 0. The Morgan fingerprint density at radius 2 is 1.11 bits per heavy atom. The molecule has 0 unspecified atom stereocenters. The molecule has 0 bridgehead atoms. The summed E-state index contributed by atoms with van der Waals surface area (Å²) in [5.41, 5.74) is -1.60. The second kappa shape index (κ2) is 8.72. The molecule has 0 heterocycles. The minimum Gasteiger partial charge on any atom is -0.258 e. The third kappa shape index (κ3) is 3.60. The van der Waals surface area contributed by atoms with Crippen molar-refractivity contribution in [2.24, 2.45) is 5.10 Å². The summed E-state index contributed by atoms with van der Waals surface area (Å²) in [6.45, 7) is 0. The van der Waals surface area contributed by atoms with Crippen LogP contribution in [-0.4, -0.2) is 20.5 Å². The van der Waals surface area contributed by atoms with Crippen molar-refractivity contribution in [3.8, 4) is 0 Å². The molecular formula is C25H15N5O6. The first kappa shape index (κ1) is 22.3. The van der Waals surface area contributed by atoms with Crippen LogP contribution in [0.3, 0.4) is 0 Å². The van der Waals surface area contributed by atoms with Gasteiger partial charge in [-0.15, -0.1) is 0 Å². The molecule has 0 amide bonds. The van der Waals surface area contributed by atoms with Crippen LogP contribution in [0, 0.1) is 30.3 Å². The Hall–Kier alpha value is -5.45. The lowest BCUT2D eigenvalue weighted by Gasteiger charge is -2.22. The molecule has 0 radical (unpaired) electrons. The van der Waals surface area contributed by atoms with Crippen LogP contribution in [0.2, 0.25) is 0 Å². The van der Waals surface area contributed by atoms with Gasteiger partial charge >= 0.3 is 17.1 Å². The Morgan fingerprint density at radius 3 is 1.64 bits per heavy atom. The van der Waals surface area contributed by atoms with E-state index in [1.807, 2.05) is 0 Å². The molecule has 36 heavy (non-hydrogen) atoms. The summed E-state index contributed by atoms with van der Waals surface area (Å²) in [5.74, 6) is 0. The van der Waals surface area contributed by atoms with E-state index < -0.39 is 31.9 Å². The van der Waals surface area contributed by atoms with Crippen molar-refractivity contribution in [3.05, 3.63) is 149 Å². The van der Waals surface area contributed by atoms with Crippen molar-refractivity contribution < 1.29 is 14.8 Å². The van der Waals surface area contributed by atoms with Gasteiger partial charge in [0.2, 0.25) is 0 Å². The van der Waals surface area contributed by atoms with E-state index in [-0.39, 0.29) is 16.9 Å². The van der Waals surface area contributed by atoms with Crippen molar-refractivity contribution in [2.75, 3.05) is 5.01 Å². The van der Waals surface area contributed by atoms with Crippen LogP contribution in [0.5, 0.6) is 0 Å². The highest BCUT2D eigenvalue weighted by atomic mass is 16.6. The van der Waals surface area contributed by atoms with Crippen LogP contribution >= 0.6 is 0 Å². The maximum atomic E-state index is 12.2. The molecule has 0 fully saturated rings. The van der Waals surface area contributed by atoms with Gasteiger partial charge in [0.05, 0.1) is 31.7 Å². The number of rotatable bonds is 6. The largest absolute Gasteiger partial charge is 0.425 e. The molecule has 0 saturated heterocycles. The Labute approximate surface area is 203 Å². The molecule has 0 spiro atoms. The summed E-state index contributed by atoms with van der Waals surface area (Å²) < 4.78 is 0. The Bertz CT molecular complexity index is 1520. The number of nitrogens with zero attached hydrogens (tertiary/aromatic N) is 5. The van der Waals surface area contributed by atoms with Gasteiger partial charge in [-0.3, -0.25) is 30.3 Å². The van der Waals surface area contributed by atoms with E-state index in [1.54, 1.807) is 84.9 Å². The average molecular weight is 481 g/mol. The molecule has 2 aliphatic carbocycles. The van der Waals surface area contributed by atoms with E-state index in [4.69, 9.17) is 0 Å². The molecule has 0 aromatic heterocycles. The lowest BCUT2D eigenvalue weighted by atomic mass is 9.89. The zero-order chi connectivity index (χ0) is 25.4. The molecule has 11 heteroatoms. The minimum atomic E-state index is -1.21. The molecule has 176 valence electrons. The van der Waals surface area contributed by atoms with E-state index in [9.17, 15) is 30.3 Å². The first-order chi connectivity index (χ1) is 17.4. The summed E-state index contributed by atoms with van der Waals surface area (Å²) in [4.78, 5) is 33.3. The number of anilines is 2. The number of fused-ring (bicyclic) bond motifs is 3. The number of benzene rings is 3. The molecule has 0 atom stereocenters. The van der Waals surface area contributed by atoms with Crippen molar-refractivity contribution in [1.82, 2.24) is 0 Å².